The average Bonchev–Trinajstić information content (AvgIpc) is 2.40. The summed E-state index contributed by atoms with van der Waals surface area (Å²) in [5.74, 6) is -1.14. The van der Waals surface area contributed by atoms with E-state index in [0.29, 0.717) is 12.1 Å². The Morgan fingerprint density at radius 2 is 2.00 bits per heavy atom. The number of nitrogens with zero attached hydrogens (tertiary/aromatic N) is 2. The second-order valence-electron chi connectivity index (χ2n) is 3.75. The Hall–Kier alpha value is -2.15. The first-order valence-corrected chi connectivity index (χ1v) is 6.48. The summed E-state index contributed by atoms with van der Waals surface area (Å²) < 4.78 is 0. The van der Waals surface area contributed by atoms with Gasteiger partial charge in [-0.05, 0) is 5.56 Å². The molecule has 0 aliphatic heterocycles. The third-order valence-corrected chi connectivity index (χ3v) is 3.14. The van der Waals surface area contributed by atoms with Gasteiger partial charge in [0.2, 0.25) is 0 Å². The average molecular weight is 277 g/mol. The smallest absolute Gasteiger partial charge is 0.313 e. The van der Waals surface area contributed by atoms with Gasteiger partial charge in [-0.1, -0.05) is 42.1 Å². The molecule has 0 saturated heterocycles. The number of thioether (sulfide) groups is 1. The first kappa shape index (κ1) is 13.3. The molecule has 1 aromatic heterocycles. The summed E-state index contributed by atoms with van der Waals surface area (Å²) in [6.07, 6.45) is 0.396. The molecule has 98 valence electrons. The van der Waals surface area contributed by atoms with Crippen LogP contribution in [0.15, 0.2) is 40.3 Å². The lowest BCUT2D eigenvalue weighted by molar-refractivity contribution is -0.133. The SMILES string of the molecule is O=C(O)CSc1nnc(Cc2ccccc2)c(=O)[nH]1. The van der Waals surface area contributed by atoms with Gasteiger partial charge in [0.25, 0.3) is 5.56 Å². The van der Waals surface area contributed by atoms with Crippen LogP contribution in [0, 0.1) is 0 Å². The predicted molar refractivity (Wildman–Crippen MR) is 70.3 cm³/mol. The highest BCUT2D eigenvalue weighted by Gasteiger charge is 2.07. The number of nitrogens with one attached hydrogen (secondary N) is 1. The number of benzene rings is 1. The van der Waals surface area contributed by atoms with Crippen LogP contribution in [0.25, 0.3) is 0 Å². The second-order valence-corrected chi connectivity index (χ2v) is 4.71. The molecule has 0 spiro atoms. The second kappa shape index (κ2) is 6.14. The van der Waals surface area contributed by atoms with Crippen LogP contribution in [0.4, 0.5) is 0 Å². The highest BCUT2D eigenvalue weighted by atomic mass is 32.2. The Morgan fingerprint density at radius 3 is 2.63 bits per heavy atom. The Labute approximate surface area is 112 Å². The maximum Gasteiger partial charge on any atom is 0.313 e. The van der Waals surface area contributed by atoms with Gasteiger partial charge >= 0.3 is 5.97 Å². The fourth-order valence-electron chi connectivity index (χ4n) is 1.45. The van der Waals surface area contributed by atoms with Gasteiger partial charge in [0.05, 0.1) is 5.75 Å². The van der Waals surface area contributed by atoms with Crippen LogP contribution in [0.2, 0.25) is 0 Å². The predicted octanol–water partition coefficient (Wildman–Crippen LogP) is 0.932. The molecule has 0 aliphatic carbocycles. The minimum Gasteiger partial charge on any atom is -0.481 e. The topological polar surface area (TPSA) is 95.9 Å². The molecule has 0 fully saturated rings. The molecule has 0 saturated carbocycles. The molecule has 0 amide bonds. The summed E-state index contributed by atoms with van der Waals surface area (Å²) >= 11 is 0.929. The van der Waals surface area contributed by atoms with E-state index in [1.807, 2.05) is 30.3 Å². The number of H-pyrrole nitrogens is 1. The molecular weight excluding hydrogens is 266 g/mol. The molecule has 0 unspecified atom stereocenters. The Morgan fingerprint density at radius 1 is 1.26 bits per heavy atom. The van der Waals surface area contributed by atoms with E-state index < -0.39 is 5.97 Å². The zero-order valence-corrected chi connectivity index (χ0v) is 10.7. The van der Waals surface area contributed by atoms with Crippen molar-refractivity contribution >= 4 is 17.7 Å². The van der Waals surface area contributed by atoms with E-state index in [1.165, 1.54) is 0 Å². The van der Waals surface area contributed by atoms with Crippen LogP contribution in [0.3, 0.4) is 0 Å². The number of carboxylic acid groups (broad SMARTS) is 1. The van der Waals surface area contributed by atoms with Crippen LogP contribution in [-0.2, 0) is 11.2 Å². The van der Waals surface area contributed by atoms with Gasteiger partial charge in [-0.3, -0.25) is 14.6 Å². The van der Waals surface area contributed by atoms with Crippen molar-refractivity contribution in [3.05, 3.63) is 51.9 Å². The Bertz CT molecular complexity index is 628. The number of aromatic nitrogens is 3. The summed E-state index contributed by atoms with van der Waals surface area (Å²) in [4.78, 5) is 24.7. The summed E-state index contributed by atoms with van der Waals surface area (Å²) in [6, 6.07) is 9.45. The molecule has 1 heterocycles. The van der Waals surface area contributed by atoms with Crippen LogP contribution in [-0.4, -0.2) is 32.0 Å². The standard InChI is InChI=1S/C12H11N3O3S/c16-10(17)7-19-12-13-11(18)9(14-15-12)6-8-4-2-1-3-5-8/h1-5H,6-7H2,(H,16,17)(H,13,15,18). The Kier molecular flexibility index (Phi) is 4.30. The van der Waals surface area contributed by atoms with Crippen molar-refractivity contribution in [2.45, 2.75) is 11.6 Å². The van der Waals surface area contributed by atoms with Gasteiger partial charge in [0.1, 0.15) is 5.69 Å². The minimum atomic E-state index is -0.971. The molecule has 7 heteroatoms. The minimum absolute atomic E-state index is 0.164. The molecule has 2 rings (SSSR count). The van der Waals surface area contributed by atoms with Gasteiger partial charge < -0.3 is 5.11 Å². The number of carboxylic acids is 1. The maximum absolute atomic E-state index is 11.8. The van der Waals surface area contributed by atoms with Gasteiger partial charge in [-0.2, -0.15) is 0 Å². The highest BCUT2D eigenvalue weighted by Crippen LogP contribution is 2.09. The van der Waals surface area contributed by atoms with E-state index in [4.69, 9.17) is 5.11 Å². The summed E-state index contributed by atoms with van der Waals surface area (Å²) in [7, 11) is 0. The molecule has 0 atom stereocenters. The first-order valence-electron chi connectivity index (χ1n) is 5.49. The van der Waals surface area contributed by atoms with Crippen molar-refractivity contribution in [2.24, 2.45) is 0 Å². The summed E-state index contributed by atoms with van der Waals surface area (Å²) in [5.41, 5.74) is 0.936. The quantitative estimate of drug-likeness (QED) is 0.789. The largest absolute Gasteiger partial charge is 0.481 e. The first-order chi connectivity index (χ1) is 9.15. The molecular formula is C12H11N3O3S. The molecule has 2 aromatic rings. The number of aromatic amines is 1. The fraction of sp³-hybridized carbons (Fsp3) is 0.167. The lowest BCUT2D eigenvalue weighted by atomic mass is 10.1. The molecule has 19 heavy (non-hydrogen) atoms. The van der Waals surface area contributed by atoms with Crippen molar-refractivity contribution in [2.75, 3.05) is 5.75 Å². The Balaban J connectivity index is 2.11. The molecule has 0 aliphatic rings. The van der Waals surface area contributed by atoms with Gasteiger partial charge in [0.15, 0.2) is 5.16 Å². The zero-order chi connectivity index (χ0) is 13.7. The van der Waals surface area contributed by atoms with Gasteiger partial charge in [-0.15, -0.1) is 10.2 Å². The normalized spacial score (nSPS) is 10.3. The van der Waals surface area contributed by atoms with E-state index in [0.717, 1.165) is 17.3 Å². The van der Waals surface area contributed by atoms with Crippen molar-refractivity contribution in [1.29, 1.82) is 0 Å². The number of carbonyl (C=O) groups is 1. The van der Waals surface area contributed by atoms with Crippen molar-refractivity contribution in [3.8, 4) is 0 Å². The fourth-order valence-corrected chi connectivity index (χ4v) is 1.97. The van der Waals surface area contributed by atoms with Crippen molar-refractivity contribution < 1.29 is 9.90 Å². The van der Waals surface area contributed by atoms with Crippen LogP contribution in [0.1, 0.15) is 11.3 Å². The monoisotopic (exact) mass is 277 g/mol. The van der Waals surface area contributed by atoms with Crippen molar-refractivity contribution in [1.82, 2.24) is 15.2 Å². The zero-order valence-electron chi connectivity index (χ0n) is 9.87. The lowest BCUT2D eigenvalue weighted by Gasteiger charge is -2.01. The maximum atomic E-state index is 11.8. The summed E-state index contributed by atoms with van der Waals surface area (Å²) in [5, 5.41) is 16.4. The van der Waals surface area contributed by atoms with Crippen LogP contribution in [0.5, 0.6) is 0 Å². The van der Waals surface area contributed by atoms with Gasteiger partial charge in [-0.25, -0.2) is 0 Å². The molecule has 2 N–H and O–H groups in total. The van der Waals surface area contributed by atoms with Crippen LogP contribution < -0.4 is 5.56 Å². The van der Waals surface area contributed by atoms with E-state index in [2.05, 4.69) is 15.2 Å². The highest BCUT2D eigenvalue weighted by molar-refractivity contribution is 7.99. The number of aliphatic carboxylic acids is 1. The van der Waals surface area contributed by atoms with Crippen molar-refractivity contribution in [3.63, 3.8) is 0 Å². The van der Waals surface area contributed by atoms with Crippen LogP contribution >= 0.6 is 11.8 Å². The van der Waals surface area contributed by atoms with E-state index in [-0.39, 0.29) is 16.5 Å². The number of rotatable bonds is 5. The van der Waals surface area contributed by atoms with E-state index >= 15 is 0 Å². The van der Waals surface area contributed by atoms with E-state index in [1.54, 1.807) is 0 Å². The lowest BCUT2D eigenvalue weighted by Crippen LogP contribution is -2.18. The number of hydrogen-bond donors (Lipinski definition) is 2. The molecule has 0 bridgehead atoms. The molecule has 6 nitrogen and oxygen atoms in total. The molecule has 1 aromatic carbocycles. The van der Waals surface area contributed by atoms with Gasteiger partial charge in [0, 0.05) is 6.42 Å². The molecule has 0 radical (unpaired) electrons. The third-order valence-electron chi connectivity index (χ3n) is 2.29. The summed E-state index contributed by atoms with van der Waals surface area (Å²) in [6.45, 7) is 0. The number of hydrogen-bond acceptors (Lipinski definition) is 5. The van der Waals surface area contributed by atoms with E-state index in [9.17, 15) is 9.59 Å². The third kappa shape index (κ3) is 3.92.